The van der Waals surface area contributed by atoms with Crippen molar-refractivity contribution in [2.45, 2.75) is 63.8 Å². The number of aliphatic hydroxyl groups is 1. The van der Waals surface area contributed by atoms with E-state index in [4.69, 9.17) is 9.47 Å². The molecule has 9 nitrogen and oxygen atoms in total. The molecule has 0 aromatic heterocycles. The van der Waals surface area contributed by atoms with Crippen molar-refractivity contribution in [1.29, 1.82) is 0 Å². The third-order valence-corrected chi connectivity index (χ3v) is 9.00. The van der Waals surface area contributed by atoms with Crippen LogP contribution in [0.25, 0.3) is 0 Å². The molecular weight excluding hydrogens is 498 g/mol. The maximum Gasteiger partial charge on any atom is 0.313 e. The van der Waals surface area contributed by atoms with Gasteiger partial charge in [-0.1, -0.05) is 32.1 Å². The first-order valence-corrected chi connectivity index (χ1v) is 14.1. The van der Waals surface area contributed by atoms with E-state index < -0.39 is 41.1 Å². The second-order valence-electron chi connectivity index (χ2n) is 10.7. The zero-order valence-electron chi connectivity index (χ0n) is 23.2. The van der Waals surface area contributed by atoms with Gasteiger partial charge >= 0.3 is 5.97 Å². The maximum absolute atomic E-state index is 14.5. The lowest BCUT2D eigenvalue weighted by Gasteiger charge is -2.40. The summed E-state index contributed by atoms with van der Waals surface area (Å²) in [5.74, 6) is -2.98. The highest BCUT2D eigenvalue weighted by Gasteiger charge is 2.76. The lowest BCUT2D eigenvalue weighted by molar-refractivity contribution is -0.159. The number of anilines is 2. The Kier molecular flexibility index (Phi) is 7.33. The molecule has 39 heavy (non-hydrogen) atoms. The Bertz CT molecular complexity index is 1170. The number of fused-ring (bicyclic) bond motifs is 2. The highest BCUT2D eigenvalue weighted by atomic mass is 16.6. The molecule has 1 aromatic carbocycles. The van der Waals surface area contributed by atoms with Crippen molar-refractivity contribution in [1.82, 2.24) is 4.90 Å². The normalized spacial score (nSPS) is 32.3. The molecule has 4 aliphatic rings. The average Bonchev–Trinajstić information content (AvgIpc) is 3.23. The second-order valence-corrected chi connectivity index (χ2v) is 10.7. The van der Waals surface area contributed by atoms with E-state index in [-0.39, 0.29) is 25.0 Å². The Balaban J connectivity index is 1.62. The Labute approximate surface area is 230 Å². The zero-order chi connectivity index (χ0) is 27.9. The first-order valence-electron chi connectivity index (χ1n) is 14.1. The minimum Gasteiger partial charge on any atom is -0.461 e. The number of hydrogen-bond donors (Lipinski definition) is 1. The first-order chi connectivity index (χ1) is 18.8. The molecule has 4 heterocycles. The number of amides is 2. The molecular formula is C30H39N3O6. The van der Waals surface area contributed by atoms with Gasteiger partial charge in [0, 0.05) is 31.0 Å². The Morgan fingerprint density at radius 1 is 1.00 bits per heavy atom. The van der Waals surface area contributed by atoms with Crippen LogP contribution >= 0.6 is 0 Å². The molecule has 1 aromatic rings. The largest absolute Gasteiger partial charge is 0.461 e. The van der Waals surface area contributed by atoms with Crippen molar-refractivity contribution in [2.75, 3.05) is 42.6 Å². The third-order valence-electron chi connectivity index (χ3n) is 9.00. The quantitative estimate of drug-likeness (QED) is 0.402. The van der Waals surface area contributed by atoms with Crippen molar-refractivity contribution >= 4 is 29.2 Å². The summed E-state index contributed by atoms with van der Waals surface area (Å²) in [5.41, 5.74) is -0.655. The highest BCUT2D eigenvalue weighted by molar-refractivity contribution is 6.06. The summed E-state index contributed by atoms with van der Waals surface area (Å²) < 4.78 is 12.3. The fraction of sp³-hybridized carbons (Fsp3) is 0.567. The van der Waals surface area contributed by atoms with Crippen LogP contribution in [0.2, 0.25) is 0 Å². The van der Waals surface area contributed by atoms with Crippen molar-refractivity contribution in [2.24, 2.45) is 11.8 Å². The van der Waals surface area contributed by atoms with E-state index in [9.17, 15) is 19.5 Å². The van der Waals surface area contributed by atoms with Gasteiger partial charge in [0.05, 0.1) is 18.6 Å². The smallest absolute Gasteiger partial charge is 0.313 e. The van der Waals surface area contributed by atoms with E-state index >= 15 is 0 Å². The Hall–Kier alpha value is -3.17. The summed E-state index contributed by atoms with van der Waals surface area (Å²) in [6.07, 6.45) is 8.16. The highest BCUT2D eigenvalue weighted by Crippen LogP contribution is 2.58. The second kappa shape index (κ2) is 10.4. The van der Waals surface area contributed by atoms with Crippen LogP contribution in [0.5, 0.6) is 0 Å². The van der Waals surface area contributed by atoms with E-state index in [1.54, 1.807) is 11.0 Å². The number of hydrogen-bond acceptors (Lipinski definition) is 7. The van der Waals surface area contributed by atoms with Crippen LogP contribution in [0.15, 0.2) is 48.6 Å². The van der Waals surface area contributed by atoms with E-state index in [1.165, 1.54) is 4.90 Å². The van der Waals surface area contributed by atoms with Gasteiger partial charge in [0.25, 0.3) is 5.91 Å². The van der Waals surface area contributed by atoms with Gasteiger partial charge in [0.2, 0.25) is 5.91 Å². The van der Waals surface area contributed by atoms with E-state index in [0.29, 0.717) is 25.1 Å². The number of cyclic esters (lactones) is 1. The topological polar surface area (TPSA) is 99.6 Å². The van der Waals surface area contributed by atoms with Crippen molar-refractivity contribution in [3.05, 3.63) is 48.6 Å². The zero-order valence-corrected chi connectivity index (χ0v) is 23.2. The fourth-order valence-electron chi connectivity index (χ4n) is 7.01. The number of likely N-dealkylation sites (tertiary alicyclic amines) is 1. The molecule has 210 valence electrons. The summed E-state index contributed by atoms with van der Waals surface area (Å²) in [7, 11) is 0. The van der Waals surface area contributed by atoms with Crippen LogP contribution in [0, 0.1) is 11.8 Å². The summed E-state index contributed by atoms with van der Waals surface area (Å²) in [5, 5.41) is 10.3. The SMILES string of the molecule is CC[C@@H](CO)N1C(=O)[C@@H]2[C@@H]3C(=O)OCC=C[C@]3(CC)O[C@@]23C=CCN(c2ccc(N(CC)CC)cc2)C(=O)C13. The number of ether oxygens (including phenoxy) is 2. The van der Waals surface area contributed by atoms with Crippen LogP contribution in [-0.4, -0.2) is 83.9 Å². The molecule has 1 N–H and O–H groups in total. The van der Waals surface area contributed by atoms with Gasteiger partial charge in [-0.25, -0.2) is 0 Å². The molecule has 2 fully saturated rings. The van der Waals surface area contributed by atoms with Gasteiger partial charge in [-0.05, 0) is 57.0 Å². The minimum absolute atomic E-state index is 0.113. The van der Waals surface area contributed by atoms with E-state index in [2.05, 4.69) is 18.7 Å². The third kappa shape index (κ3) is 4.00. The summed E-state index contributed by atoms with van der Waals surface area (Å²) in [4.78, 5) is 47.5. The number of carbonyl (C=O) groups is 3. The molecule has 5 rings (SSSR count). The van der Waals surface area contributed by atoms with Crippen LogP contribution in [0.3, 0.4) is 0 Å². The molecule has 0 radical (unpaired) electrons. The molecule has 0 bridgehead atoms. The van der Waals surface area contributed by atoms with Crippen LogP contribution in [0.1, 0.15) is 40.5 Å². The molecule has 1 spiro atoms. The number of benzene rings is 1. The van der Waals surface area contributed by atoms with Crippen LogP contribution in [-0.2, 0) is 23.9 Å². The van der Waals surface area contributed by atoms with Gasteiger partial charge < -0.3 is 29.3 Å². The first kappa shape index (κ1) is 27.4. The van der Waals surface area contributed by atoms with E-state index in [1.807, 2.05) is 56.3 Å². The Morgan fingerprint density at radius 2 is 1.72 bits per heavy atom. The van der Waals surface area contributed by atoms with Crippen LogP contribution < -0.4 is 9.80 Å². The number of carbonyl (C=O) groups excluding carboxylic acids is 3. The fourth-order valence-corrected chi connectivity index (χ4v) is 7.01. The lowest BCUT2D eigenvalue weighted by Crippen LogP contribution is -2.59. The summed E-state index contributed by atoms with van der Waals surface area (Å²) in [6, 6.07) is 6.22. The van der Waals surface area contributed by atoms with Gasteiger partial charge in [-0.2, -0.15) is 0 Å². The molecule has 9 heteroatoms. The lowest BCUT2D eigenvalue weighted by atomic mass is 9.73. The molecule has 1 unspecified atom stereocenters. The van der Waals surface area contributed by atoms with E-state index in [0.717, 1.165) is 18.8 Å². The van der Waals surface area contributed by atoms with Gasteiger partial charge in [0.1, 0.15) is 29.8 Å². The number of esters is 1. The molecule has 0 aliphatic carbocycles. The van der Waals surface area contributed by atoms with Crippen LogP contribution in [0.4, 0.5) is 11.4 Å². The van der Waals surface area contributed by atoms with Crippen molar-refractivity contribution in [3.8, 4) is 0 Å². The predicted molar refractivity (Wildman–Crippen MR) is 147 cm³/mol. The summed E-state index contributed by atoms with van der Waals surface area (Å²) in [6.45, 7) is 9.84. The van der Waals surface area contributed by atoms with Gasteiger partial charge in [-0.3, -0.25) is 14.4 Å². The molecule has 2 saturated heterocycles. The number of rotatable bonds is 8. The maximum atomic E-state index is 14.5. The van der Waals surface area contributed by atoms with Gasteiger partial charge in [0.15, 0.2) is 0 Å². The molecule has 4 aliphatic heterocycles. The monoisotopic (exact) mass is 537 g/mol. The Morgan fingerprint density at radius 3 is 2.33 bits per heavy atom. The molecule has 0 saturated carbocycles. The molecule has 2 amide bonds. The van der Waals surface area contributed by atoms with Crippen molar-refractivity contribution < 1.29 is 29.0 Å². The van der Waals surface area contributed by atoms with Crippen molar-refractivity contribution in [3.63, 3.8) is 0 Å². The average molecular weight is 538 g/mol. The standard InChI is InChI=1S/C30H39N3O6/c1-5-20(19-34)33-25-27(36)32(22-13-11-21(12-14-22)31(7-3)8-4)17-9-16-30(25)23(26(33)35)24-28(37)38-18-10-15-29(24,6-2)39-30/h9-16,20,23-25,34H,5-8,17-19H2,1-4H3/t20-,23-,24+,25?,29-,30-/m0/s1. The molecule has 6 atom stereocenters. The van der Waals surface area contributed by atoms with Gasteiger partial charge in [-0.15, -0.1) is 0 Å². The predicted octanol–water partition coefficient (Wildman–Crippen LogP) is 2.68. The summed E-state index contributed by atoms with van der Waals surface area (Å²) >= 11 is 0. The minimum atomic E-state index is -1.37. The number of aliphatic hydroxyl groups excluding tert-OH is 1. The number of nitrogens with zero attached hydrogens (tertiary/aromatic N) is 3.